The van der Waals surface area contributed by atoms with E-state index in [0.717, 1.165) is 13.0 Å². The third-order valence-corrected chi connectivity index (χ3v) is 5.64. The molecule has 0 spiro atoms. The number of ether oxygens (including phenoxy) is 1. The summed E-state index contributed by atoms with van der Waals surface area (Å²) >= 11 is 0. The number of nitrogens with zero attached hydrogens (tertiary/aromatic N) is 2. The first-order valence-corrected chi connectivity index (χ1v) is 8.72. The number of amides is 2. The van der Waals surface area contributed by atoms with E-state index in [1.165, 1.54) is 0 Å². The zero-order valence-corrected chi connectivity index (χ0v) is 13.9. The number of carbonyl (C=O) groups is 2. The van der Waals surface area contributed by atoms with E-state index in [1.807, 2.05) is 4.90 Å². The fraction of sp³-hybridized carbons (Fsp3) is 0.611. The van der Waals surface area contributed by atoms with Crippen LogP contribution < -0.4 is 5.32 Å². The van der Waals surface area contributed by atoms with Gasteiger partial charge in [0.15, 0.2) is 0 Å². The minimum absolute atomic E-state index is 0.0846. The minimum atomic E-state index is -0.0846. The van der Waals surface area contributed by atoms with Crippen molar-refractivity contribution in [2.45, 2.75) is 19.4 Å². The first-order chi connectivity index (χ1) is 11.6. The number of likely N-dealkylation sites (tertiary alicyclic amines) is 1. The van der Waals surface area contributed by atoms with Crippen LogP contribution in [0.15, 0.2) is 24.5 Å². The van der Waals surface area contributed by atoms with Gasteiger partial charge in [-0.1, -0.05) is 6.92 Å². The largest absolute Gasteiger partial charge is 0.376 e. The summed E-state index contributed by atoms with van der Waals surface area (Å²) in [4.78, 5) is 30.5. The molecule has 1 aromatic heterocycles. The molecule has 2 aliphatic heterocycles. The lowest BCUT2D eigenvalue weighted by atomic mass is 9.93. The summed E-state index contributed by atoms with van der Waals surface area (Å²) in [5.74, 6) is 1.58. The first-order valence-electron chi connectivity index (χ1n) is 8.72. The average Bonchev–Trinajstić information content (AvgIpc) is 3.02. The van der Waals surface area contributed by atoms with Crippen molar-refractivity contribution in [2.75, 3.05) is 26.2 Å². The van der Waals surface area contributed by atoms with Crippen molar-refractivity contribution in [2.24, 2.45) is 23.7 Å². The highest BCUT2D eigenvalue weighted by Crippen LogP contribution is 2.41. The Hall–Kier alpha value is -1.95. The predicted molar refractivity (Wildman–Crippen MR) is 87.1 cm³/mol. The Bertz CT molecular complexity index is 636. The van der Waals surface area contributed by atoms with E-state index in [0.29, 0.717) is 43.0 Å². The molecule has 4 rings (SSSR count). The van der Waals surface area contributed by atoms with E-state index in [4.69, 9.17) is 4.74 Å². The van der Waals surface area contributed by atoms with Gasteiger partial charge >= 0.3 is 0 Å². The van der Waals surface area contributed by atoms with Crippen molar-refractivity contribution < 1.29 is 14.3 Å². The van der Waals surface area contributed by atoms with E-state index in [9.17, 15) is 9.59 Å². The SMILES string of the molecule is C[C@H]1C[C@@H]1C(=O)N1C[C@@H]2[C@@H](CNC(=O)c3ccncc3)CO[C@@H]2C1. The Balaban J connectivity index is 1.31. The van der Waals surface area contributed by atoms with Crippen molar-refractivity contribution in [3.05, 3.63) is 30.1 Å². The molecule has 0 aromatic carbocycles. The van der Waals surface area contributed by atoms with E-state index in [2.05, 4.69) is 17.2 Å². The molecule has 3 heterocycles. The van der Waals surface area contributed by atoms with E-state index >= 15 is 0 Å². The van der Waals surface area contributed by atoms with Crippen molar-refractivity contribution in [3.8, 4) is 0 Å². The standard InChI is InChI=1S/C18H23N3O3/c1-11-6-14(11)18(23)21-8-15-13(10-24-16(15)9-21)7-20-17(22)12-2-4-19-5-3-12/h2-5,11,13-16H,6-10H2,1H3,(H,20,22)/t11-,13-,14-,15+,16+/m0/s1. The van der Waals surface area contributed by atoms with E-state index < -0.39 is 0 Å². The second-order valence-electron chi connectivity index (χ2n) is 7.30. The van der Waals surface area contributed by atoms with Crippen LogP contribution in [0.25, 0.3) is 0 Å². The Kier molecular flexibility index (Phi) is 4.00. The van der Waals surface area contributed by atoms with Gasteiger partial charge < -0.3 is 15.0 Å². The van der Waals surface area contributed by atoms with Gasteiger partial charge in [0.25, 0.3) is 5.91 Å². The second kappa shape index (κ2) is 6.16. The molecule has 1 saturated carbocycles. The van der Waals surface area contributed by atoms with Crippen molar-refractivity contribution in [1.82, 2.24) is 15.2 Å². The Morgan fingerprint density at radius 2 is 2.08 bits per heavy atom. The lowest BCUT2D eigenvalue weighted by molar-refractivity contribution is -0.132. The highest BCUT2D eigenvalue weighted by atomic mass is 16.5. The number of fused-ring (bicyclic) bond motifs is 1. The molecule has 5 atom stereocenters. The molecular weight excluding hydrogens is 306 g/mol. The summed E-state index contributed by atoms with van der Waals surface area (Å²) in [5.41, 5.74) is 0.617. The summed E-state index contributed by atoms with van der Waals surface area (Å²) in [6.45, 7) is 4.86. The van der Waals surface area contributed by atoms with Crippen LogP contribution in [0.5, 0.6) is 0 Å². The molecule has 0 radical (unpaired) electrons. The number of hydrogen-bond donors (Lipinski definition) is 1. The summed E-state index contributed by atoms with van der Waals surface area (Å²) in [7, 11) is 0. The van der Waals surface area contributed by atoms with E-state index in [-0.39, 0.29) is 23.8 Å². The lowest BCUT2D eigenvalue weighted by Gasteiger charge is -2.20. The third-order valence-electron chi connectivity index (χ3n) is 5.64. The Labute approximate surface area is 141 Å². The van der Waals surface area contributed by atoms with Crippen LogP contribution in [0.3, 0.4) is 0 Å². The minimum Gasteiger partial charge on any atom is -0.376 e. The molecule has 128 valence electrons. The monoisotopic (exact) mass is 329 g/mol. The normalized spacial score (nSPS) is 34.0. The average molecular weight is 329 g/mol. The molecule has 24 heavy (non-hydrogen) atoms. The summed E-state index contributed by atoms with van der Waals surface area (Å²) < 4.78 is 5.88. The van der Waals surface area contributed by atoms with Crippen LogP contribution in [0.2, 0.25) is 0 Å². The summed E-state index contributed by atoms with van der Waals surface area (Å²) in [6.07, 6.45) is 4.38. The van der Waals surface area contributed by atoms with Crippen molar-refractivity contribution >= 4 is 11.8 Å². The number of hydrogen-bond acceptors (Lipinski definition) is 4. The lowest BCUT2D eigenvalue weighted by Crippen LogP contribution is -2.36. The summed E-state index contributed by atoms with van der Waals surface area (Å²) in [5, 5.41) is 2.99. The van der Waals surface area contributed by atoms with Gasteiger partial charge in [-0.05, 0) is 24.5 Å². The van der Waals surface area contributed by atoms with Gasteiger partial charge in [-0.3, -0.25) is 14.6 Å². The maximum absolute atomic E-state index is 12.4. The highest BCUT2D eigenvalue weighted by Gasteiger charge is 2.49. The number of pyridine rings is 1. The van der Waals surface area contributed by atoms with Crippen LogP contribution in [-0.4, -0.2) is 54.0 Å². The fourth-order valence-corrected chi connectivity index (χ4v) is 3.92. The predicted octanol–water partition coefficient (Wildman–Crippen LogP) is 0.941. The topological polar surface area (TPSA) is 71.5 Å². The molecule has 0 bridgehead atoms. The maximum Gasteiger partial charge on any atom is 0.251 e. The van der Waals surface area contributed by atoms with Crippen LogP contribution in [0.1, 0.15) is 23.7 Å². The summed E-state index contributed by atoms with van der Waals surface area (Å²) in [6, 6.07) is 3.41. The van der Waals surface area contributed by atoms with Gasteiger partial charge in [0, 0.05) is 55.3 Å². The van der Waals surface area contributed by atoms with Crippen LogP contribution in [0.4, 0.5) is 0 Å². The zero-order chi connectivity index (χ0) is 16.7. The Morgan fingerprint density at radius 3 is 2.79 bits per heavy atom. The van der Waals surface area contributed by atoms with Gasteiger partial charge in [-0.2, -0.15) is 0 Å². The maximum atomic E-state index is 12.4. The van der Waals surface area contributed by atoms with Crippen LogP contribution >= 0.6 is 0 Å². The van der Waals surface area contributed by atoms with Crippen LogP contribution in [-0.2, 0) is 9.53 Å². The van der Waals surface area contributed by atoms with Gasteiger partial charge in [0.1, 0.15) is 0 Å². The number of nitrogens with one attached hydrogen (secondary N) is 1. The van der Waals surface area contributed by atoms with Gasteiger partial charge in [-0.15, -0.1) is 0 Å². The molecule has 6 heteroatoms. The number of carbonyl (C=O) groups excluding carboxylic acids is 2. The molecule has 6 nitrogen and oxygen atoms in total. The molecular formula is C18H23N3O3. The smallest absolute Gasteiger partial charge is 0.251 e. The molecule has 3 aliphatic rings. The number of rotatable bonds is 4. The molecule has 2 amide bonds. The van der Waals surface area contributed by atoms with Gasteiger partial charge in [-0.25, -0.2) is 0 Å². The number of aromatic nitrogens is 1. The molecule has 1 N–H and O–H groups in total. The highest BCUT2D eigenvalue weighted by molar-refractivity contribution is 5.93. The van der Waals surface area contributed by atoms with Gasteiger partial charge in [0.05, 0.1) is 12.7 Å². The van der Waals surface area contributed by atoms with Crippen molar-refractivity contribution in [1.29, 1.82) is 0 Å². The molecule has 1 aliphatic carbocycles. The third kappa shape index (κ3) is 2.90. The quantitative estimate of drug-likeness (QED) is 0.892. The van der Waals surface area contributed by atoms with Gasteiger partial charge in [0.2, 0.25) is 5.91 Å². The first kappa shape index (κ1) is 15.6. The van der Waals surface area contributed by atoms with E-state index in [1.54, 1.807) is 24.5 Å². The molecule has 1 aromatic rings. The Morgan fingerprint density at radius 1 is 1.33 bits per heavy atom. The van der Waals surface area contributed by atoms with Crippen LogP contribution in [0, 0.1) is 23.7 Å². The van der Waals surface area contributed by atoms with Crippen molar-refractivity contribution in [3.63, 3.8) is 0 Å². The zero-order valence-electron chi connectivity index (χ0n) is 13.9. The molecule has 0 unspecified atom stereocenters. The molecule has 3 fully saturated rings. The molecule has 2 saturated heterocycles. The fourth-order valence-electron chi connectivity index (χ4n) is 3.92. The second-order valence-corrected chi connectivity index (χ2v) is 7.30.